The molecule has 4 rings (SSSR count). The zero-order valence-electron chi connectivity index (χ0n) is 11.9. The smallest absolute Gasteiger partial charge is 0.0502 e. The SMILES string of the molecule is CNC1CC(c2c[nH]c3cccc(Cl)c23)c2ccccc21. The normalized spacial score (nSPS) is 20.9. The van der Waals surface area contributed by atoms with Crippen LogP contribution in [0.3, 0.4) is 0 Å². The minimum atomic E-state index is 0.396. The van der Waals surface area contributed by atoms with E-state index in [1.54, 1.807) is 0 Å². The Morgan fingerprint density at radius 1 is 1.05 bits per heavy atom. The van der Waals surface area contributed by atoms with Crippen LogP contribution in [0.2, 0.25) is 5.02 Å². The van der Waals surface area contributed by atoms with Crippen LogP contribution >= 0.6 is 11.6 Å². The molecule has 106 valence electrons. The molecule has 0 aliphatic heterocycles. The molecule has 1 aliphatic carbocycles. The Kier molecular flexibility index (Phi) is 3.02. The van der Waals surface area contributed by atoms with Crippen LogP contribution in [0.5, 0.6) is 0 Å². The van der Waals surface area contributed by atoms with Gasteiger partial charge in [-0.25, -0.2) is 0 Å². The predicted molar refractivity (Wildman–Crippen MR) is 88.0 cm³/mol. The van der Waals surface area contributed by atoms with E-state index in [9.17, 15) is 0 Å². The summed E-state index contributed by atoms with van der Waals surface area (Å²) in [6.45, 7) is 0. The number of hydrogen-bond acceptors (Lipinski definition) is 1. The van der Waals surface area contributed by atoms with E-state index in [0.717, 1.165) is 22.3 Å². The summed E-state index contributed by atoms with van der Waals surface area (Å²) in [6, 6.07) is 15.2. The van der Waals surface area contributed by atoms with Crippen molar-refractivity contribution >= 4 is 22.5 Å². The van der Waals surface area contributed by atoms with Gasteiger partial charge in [-0.1, -0.05) is 41.9 Å². The number of aromatic nitrogens is 1. The Morgan fingerprint density at radius 3 is 2.67 bits per heavy atom. The zero-order valence-corrected chi connectivity index (χ0v) is 12.6. The van der Waals surface area contributed by atoms with E-state index in [0.29, 0.717) is 12.0 Å². The molecule has 1 heterocycles. The average molecular weight is 297 g/mol. The summed E-state index contributed by atoms with van der Waals surface area (Å²) < 4.78 is 0. The number of nitrogens with one attached hydrogen (secondary N) is 2. The van der Waals surface area contributed by atoms with Crippen molar-refractivity contribution in [1.29, 1.82) is 0 Å². The fourth-order valence-corrected chi connectivity index (χ4v) is 3.93. The molecule has 2 unspecified atom stereocenters. The summed E-state index contributed by atoms with van der Waals surface area (Å²) in [4.78, 5) is 3.36. The summed E-state index contributed by atoms with van der Waals surface area (Å²) >= 11 is 6.44. The summed E-state index contributed by atoms with van der Waals surface area (Å²) in [5.74, 6) is 0.396. The predicted octanol–water partition coefficient (Wildman–Crippen LogP) is 4.62. The highest BCUT2D eigenvalue weighted by molar-refractivity contribution is 6.35. The van der Waals surface area contributed by atoms with E-state index in [-0.39, 0.29) is 0 Å². The van der Waals surface area contributed by atoms with Crippen molar-refractivity contribution in [3.05, 3.63) is 70.4 Å². The lowest BCUT2D eigenvalue weighted by Gasteiger charge is -2.12. The van der Waals surface area contributed by atoms with Gasteiger partial charge in [-0.2, -0.15) is 0 Å². The molecule has 0 saturated carbocycles. The Bertz CT molecular complexity index is 806. The zero-order chi connectivity index (χ0) is 14.4. The minimum Gasteiger partial charge on any atom is -0.361 e. The quantitative estimate of drug-likeness (QED) is 0.710. The number of hydrogen-bond donors (Lipinski definition) is 2. The van der Waals surface area contributed by atoms with Crippen molar-refractivity contribution in [1.82, 2.24) is 10.3 Å². The van der Waals surface area contributed by atoms with Crippen molar-refractivity contribution in [3.8, 4) is 0 Å². The maximum atomic E-state index is 6.44. The van der Waals surface area contributed by atoms with E-state index in [1.807, 2.05) is 19.2 Å². The van der Waals surface area contributed by atoms with Gasteiger partial charge < -0.3 is 10.3 Å². The molecule has 0 bridgehead atoms. The van der Waals surface area contributed by atoms with Gasteiger partial charge in [0.2, 0.25) is 0 Å². The Hall–Kier alpha value is -1.77. The van der Waals surface area contributed by atoms with E-state index in [4.69, 9.17) is 11.6 Å². The number of benzene rings is 2. The third-order valence-corrected chi connectivity index (χ3v) is 4.94. The first-order chi connectivity index (χ1) is 10.3. The lowest BCUT2D eigenvalue weighted by Crippen LogP contribution is -2.13. The second-order valence-corrected chi connectivity index (χ2v) is 6.07. The first kappa shape index (κ1) is 12.9. The lowest BCUT2D eigenvalue weighted by atomic mass is 9.92. The highest BCUT2D eigenvalue weighted by Gasteiger charge is 2.32. The molecule has 1 aromatic heterocycles. The first-order valence-corrected chi connectivity index (χ1v) is 7.69. The maximum absolute atomic E-state index is 6.44. The maximum Gasteiger partial charge on any atom is 0.0502 e. The van der Waals surface area contributed by atoms with Crippen LogP contribution in [-0.4, -0.2) is 12.0 Å². The third kappa shape index (κ3) is 1.90. The Balaban J connectivity index is 1.91. The Morgan fingerprint density at radius 2 is 1.86 bits per heavy atom. The third-order valence-electron chi connectivity index (χ3n) is 4.63. The van der Waals surface area contributed by atoms with Crippen LogP contribution < -0.4 is 5.32 Å². The number of H-pyrrole nitrogens is 1. The number of aromatic amines is 1. The molecule has 1 aliphatic rings. The number of fused-ring (bicyclic) bond motifs is 2. The minimum absolute atomic E-state index is 0.396. The lowest BCUT2D eigenvalue weighted by molar-refractivity contribution is 0.566. The standard InChI is InChI=1S/C18H17ClN2/c1-20-17-9-13(11-5-2-3-6-12(11)17)14-10-21-16-8-4-7-15(19)18(14)16/h2-8,10,13,17,20-21H,9H2,1H3. The fourth-order valence-electron chi connectivity index (χ4n) is 3.64. The first-order valence-electron chi connectivity index (χ1n) is 7.31. The Labute approximate surface area is 129 Å². The molecule has 0 fully saturated rings. The molecular weight excluding hydrogens is 280 g/mol. The van der Waals surface area contributed by atoms with E-state index in [1.165, 1.54) is 16.7 Å². The van der Waals surface area contributed by atoms with E-state index in [2.05, 4.69) is 46.8 Å². The van der Waals surface area contributed by atoms with Crippen LogP contribution in [0, 0.1) is 0 Å². The molecule has 2 atom stereocenters. The van der Waals surface area contributed by atoms with Crippen molar-refractivity contribution in [3.63, 3.8) is 0 Å². The molecule has 21 heavy (non-hydrogen) atoms. The van der Waals surface area contributed by atoms with Crippen LogP contribution in [0.1, 0.15) is 35.1 Å². The number of rotatable bonds is 2. The summed E-state index contributed by atoms with van der Waals surface area (Å²) in [5.41, 5.74) is 5.24. The van der Waals surface area contributed by atoms with Gasteiger partial charge in [-0.05, 0) is 42.3 Å². The molecule has 0 amide bonds. The molecule has 0 radical (unpaired) electrons. The van der Waals surface area contributed by atoms with Crippen molar-refractivity contribution < 1.29 is 0 Å². The second kappa shape index (κ2) is 4.90. The van der Waals surface area contributed by atoms with Gasteiger partial charge >= 0.3 is 0 Å². The monoisotopic (exact) mass is 296 g/mol. The van der Waals surface area contributed by atoms with Gasteiger partial charge in [0.05, 0.1) is 5.02 Å². The molecular formula is C18H17ClN2. The second-order valence-electron chi connectivity index (χ2n) is 5.66. The number of halogens is 1. The van der Waals surface area contributed by atoms with E-state index < -0.39 is 0 Å². The molecule has 3 aromatic rings. The van der Waals surface area contributed by atoms with Gasteiger partial charge in [0.1, 0.15) is 0 Å². The highest BCUT2D eigenvalue weighted by Crippen LogP contribution is 2.46. The summed E-state index contributed by atoms with van der Waals surface area (Å²) in [7, 11) is 2.03. The van der Waals surface area contributed by atoms with Crippen molar-refractivity contribution in [2.75, 3.05) is 7.05 Å². The van der Waals surface area contributed by atoms with E-state index >= 15 is 0 Å². The van der Waals surface area contributed by atoms with Gasteiger partial charge in [0.15, 0.2) is 0 Å². The summed E-state index contributed by atoms with van der Waals surface area (Å²) in [5, 5.41) is 5.42. The largest absolute Gasteiger partial charge is 0.361 e. The molecule has 0 saturated heterocycles. The van der Waals surface area contributed by atoms with Crippen LogP contribution in [0.25, 0.3) is 10.9 Å². The molecule has 3 heteroatoms. The van der Waals surface area contributed by atoms with Crippen LogP contribution in [0.4, 0.5) is 0 Å². The summed E-state index contributed by atoms with van der Waals surface area (Å²) in [6.07, 6.45) is 3.20. The molecule has 2 nitrogen and oxygen atoms in total. The average Bonchev–Trinajstić information content (AvgIpc) is 3.09. The fraction of sp³-hybridized carbons (Fsp3) is 0.222. The molecule has 2 N–H and O–H groups in total. The topological polar surface area (TPSA) is 27.8 Å². The molecule has 2 aromatic carbocycles. The van der Waals surface area contributed by atoms with Gasteiger partial charge in [0, 0.05) is 29.1 Å². The highest BCUT2D eigenvalue weighted by atomic mass is 35.5. The van der Waals surface area contributed by atoms with Gasteiger partial charge in [-0.3, -0.25) is 0 Å². The van der Waals surface area contributed by atoms with Crippen LogP contribution in [0.15, 0.2) is 48.7 Å². The van der Waals surface area contributed by atoms with Crippen molar-refractivity contribution in [2.45, 2.75) is 18.4 Å². The van der Waals surface area contributed by atoms with Crippen molar-refractivity contribution in [2.24, 2.45) is 0 Å². The van der Waals surface area contributed by atoms with Gasteiger partial charge in [-0.15, -0.1) is 0 Å². The van der Waals surface area contributed by atoms with Crippen LogP contribution in [-0.2, 0) is 0 Å². The van der Waals surface area contributed by atoms with Gasteiger partial charge in [0.25, 0.3) is 0 Å². The molecule has 0 spiro atoms.